The monoisotopic (exact) mass is 327 g/mol. The van der Waals surface area contributed by atoms with Crippen molar-refractivity contribution in [1.29, 1.82) is 5.41 Å². The van der Waals surface area contributed by atoms with Crippen molar-refractivity contribution >= 4 is 45.5 Å². The summed E-state index contributed by atoms with van der Waals surface area (Å²) in [4.78, 5) is 18.3. The summed E-state index contributed by atoms with van der Waals surface area (Å²) < 4.78 is 0. The maximum absolute atomic E-state index is 12.2. The van der Waals surface area contributed by atoms with Gasteiger partial charge < -0.3 is 4.90 Å². The van der Waals surface area contributed by atoms with Crippen LogP contribution in [0.5, 0.6) is 0 Å². The molecular weight excluding hydrogens is 310 g/mol. The Hall–Kier alpha value is -2.41. The van der Waals surface area contributed by atoms with Gasteiger partial charge in [-0.05, 0) is 42.0 Å². The van der Waals surface area contributed by atoms with Crippen molar-refractivity contribution in [1.82, 2.24) is 5.01 Å². The topological polar surface area (TPSA) is 72.1 Å². The van der Waals surface area contributed by atoms with Crippen LogP contribution in [0.2, 0.25) is 0 Å². The van der Waals surface area contributed by atoms with E-state index in [1.807, 2.05) is 50.2 Å². The Balaban J connectivity index is 1.92. The number of benzene rings is 1. The predicted molar refractivity (Wildman–Crippen MR) is 96.1 cm³/mol. The zero-order chi connectivity index (χ0) is 16.6. The number of hydrogen-bond acceptors (Lipinski definition) is 5. The molecule has 2 aliphatic rings. The van der Waals surface area contributed by atoms with E-state index in [4.69, 9.17) is 5.41 Å². The lowest BCUT2D eigenvalue weighted by molar-refractivity contribution is -0.114. The first kappa shape index (κ1) is 15.5. The average Bonchev–Trinajstić information content (AvgIpc) is 2.95. The third kappa shape index (κ3) is 2.92. The lowest BCUT2D eigenvalue weighted by Gasteiger charge is -2.20. The number of thioether (sulfide) groups is 1. The lowest BCUT2D eigenvalue weighted by atomic mass is 10.1. The molecule has 0 aliphatic carbocycles. The fraction of sp³-hybridized carbons (Fsp3) is 0.250. The highest BCUT2D eigenvalue weighted by atomic mass is 32.2. The molecule has 0 bridgehead atoms. The number of carbonyl (C=O) groups is 1. The second kappa shape index (κ2) is 6.00. The minimum absolute atomic E-state index is 0.0765. The molecule has 3 rings (SSSR count). The van der Waals surface area contributed by atoms with E-state index in [2.05, 4.69) is 10.1 Å². The summed E-state index contributed by atoms with van der Waals surface area (Å²) in [5.41, 5.74) is 2.19. The van der Waals surface area contributed by atoms with Gasteiger partial charge in [-0.3, -0.25) is 10.2 Å². The standard InChI is InChI=1S/C16H17N5OS/c1-4-13-19-21-14(17)12(15(22)18-16(21)23-13)9-10-5-7-11(8-6-10)20(2)3/h5-9,17H,4H2,1-3H3. The molecule has 1 amide bonds. The minimum Gasteiger partial charge on any atom is -0.378 e. The summed E-state index contributed by atoms with van der Waals surface area (Å²) in [5, 5.41) is 15.4. The molecule has 7 heteroatoms. The van der Waals surface area contributed by atoms with Crippen LogP contribution in [0.3, 0.4) is 0 Å². The van der Waals surface area contributed by atoms with Crippen LogP contribution in [0.4, 0.5) is 5.69 Å². The highest BCUT2D eigenvalue weighted by Crippen LogP contribution is 2.29. The first-order valence-corrected chi connectivity index (χ1v) is 8.07. The molecule has 0 atom stereocenters. The fourth-order valence-corrected chi connectivity index (χ4v) is 3.03. The number of fused-ring (bicyclic) bond motifs is 1. The van der Waals surface area contributed by atoms with E-state index in [0.29, 0.717) is 5.17 Å². The highest BCUT2D eigenvalue weighted by molar-refractivity contribution is 8.26. The smallest absolute Gasteiger partial charge is 0.283 e. The minimum atomic E-state index is -0.391. The average molecular weight is 327 g/mol. The van der Waals surface area contributed by atoms with Crippen LogP contribution in [0.1, 0.15) is 18.9 Å². The van der Waals surface area contributed by atoms with Crippen molar-refractivity contribution in [2.24, 2.45) is 10.1 Å². The summed E-state index contributed by atoms with van der Waals surface area (Å²) >= 11 is 1.35. The molecule has 6 nitrogen and oxygen atoms in total. The van der Waals surface area contributed by atoms with Gasteiger partial charge in [0.15, 0.2) is 5.84 Å². The van der Waals surface area contributed by atoms with Crippen molar-refractivity contribution in [3.63, 3.8) is 0 Å². The summed E-state index contributed by atoms with van der Waals surface area (Å²) in [6, 6.07) is 7.78. The van der Waals surface area contributed by atoms with Gasteiger partial charge in [0.05, 0.1) is 5.57 Å². The summed E-state index contributed by atoms with van der Waals surface area (Å²) in [6.07, 6.45) is 2.45. The van der Waals surface area contributed by atoms with Gasteiger partial charge in [0, 0.05) is 19.8 Å². The van der Waals surface area contributed by atoms with E-state index in [-0.39, 0.29) is 11.4 Å². The van der Waals surface area contributed by atoms with Crippen molar-refractivity contribution in [2.45, 2.75) is 13.3 Å². The molecule has 0 unspecified atom stereocenters. The van der Waals surface area contributed by atoms with E-state index < -0.39 is 5.91 Å². The van der Waals surface area contributed by atoms with Crippen molar-refractivity contribution < 1.29 is 4.79 Å². The SMILES string of the molecule is CCC1=NN2C(=N)C(=Cc3ccc(N(C)C)cc3)C(=O)N=C2S1. The van der Waals surface area contributed by atoms with Gasteiger partial charge in [-0.1, -0.05) is 19.1 Å². The second-order valence-corrected chi connectivity index (χ2v) is 6.39. The zero-order valence-corrected chi connectivity index (χ0v) is 14.0. The van der Waals surface area contributed by atoms with E-state index in [1.165, 1.54) is 16.8 Å². The van der Waals surface area contributed by atoms with Gasteiger partial charge >= 0.3 is 0 Å². The number of rotatable bonds is 3. The highest BCUT2D eigenvalue weighted by Gasteiger charge is 2.34. The van der Waals surface area contributed by atoms with Crippen LogP contribution in [0.15, 0.2) is 39.9 Å². The van der Waals surface area contributed by atoms with E-state index in [0.717, 1.165) is 22.7 Å². The number of nitrogens with zero attached hydrogens (tertiary/aromatic N) is 4. The van der Waals surface area contributed by atoms with Crippen LogP contribution in [0.25, 0.3) is 6.08 Å². The Morgan fingerprint density at radius 1 is 1.30 bits per heavy atom. The molecule has 1 aromatic carbocycles. The maximum atomic E-state index is 12.2. The van der Waals surface area contributed by atoms with Gasteiger partial charge in [-0.15, -0.1) is 0 Å². The Morgan fingerprint density at radius 2 is 2.00 bits per heavy atom. The van der Waals surface area contributed by atoms with Gasteiger partial charge in [0.1, 0.15) is 5.04 Å². The van der Waals surface area contributed by atoms with Gasteiger partial charge in [0.2, 0.25) is 5.17 Å². The molecule has 0 radical (unpaired) electrons. The third-order valence-electron chi connectivity index (χ3n) is 3.52. The Kier molecular flexibility index (Phi) is 4.04. The molecule has 0 spiro atoms. The lowest BCUT2D eigenvalue weighted by Crippen LogP contribution is -2.35. The molecular formula is C16H17N5OS. The number of carbonyl (C=O) groups excluding carboxylic acids is 1. The Labute approximate surface area is 139 Å². The number of hydrogen-bond donors (Lipinski definition) is 1. The third-order valence-corrected chi connectivity index (χ3v) is 4.57. The number of aliphatic imine (C=N–C) groups is 1. The van der Waals surface area contributed by atoms with Crippen molar-refractivity contribution in [3.05, 3.63) is 35.4 Å². The molecule has 118 valence electrons. The quantitative estimate of drug-likeness (QED) is 0.867. The van der Waals surface area contributed by atoms with Gasteiger partial charge in [0.25, 0.3) is 5.91 Å². The van der Waals surface area contributed by atoms with Gasteiger partial charge in [-0.2, -0.15) is 15.1 Å². The summed E-state index contributed by atoms with van der Waals surface area (Å²) in [7, 11) is 3.94. The Morgan fingerprint density at radius 3 is 2.61 bits per heavy atom. The van der Waals surface area contributed by atoms with Crippen LogP contribution in [0, 0.1) is 5.41 Å². The molecule has 2 aliphatic heterocycles. The van der Waals surface area contributed by atoms with Crippen LogP contribution in [-0.2, 0) is 4.79 Å². The molecule has 2 heterocycles. The molecule has 23 heavy (non-hydrogen) atoms. The predicted octanol–water partition coefficient (Wildman–Crippen LogP) is 2.78. The van der Waals surface area contributed by atoms with E-state index >= 15 is 0 Å². The largest absolute Gasteiger partial charge is 0.378 e. The maximum Gasteiger partial charge on any atom is 0.283 e. The molecule has 1 N–H and O–H groups in total. The fourth-order valence-electron chi connectivity index (χ4n) is 2.21. The molecule has 0 saturated heterocycles. The normalized spacial score (nSPS) is 18.9. The Bertz CT molecular complexity index is 761. The number of nitrogens with one attached hydrogen (secondary N) is 1. The first-order valence-electron chi connectivity index (χ1n) is 7.26. The van der Waals surface area contributed by atoms with Crippen LogP contribution >= 0.6 is 11.8 Å². The number of anilines is 1. The number of amidine groups is 2. The van der Waals surface area contributed by atoms with E-state index in [9.17, 15) is 4.79 Å². The zero-order valence-electron chi connectivity index (χ0n) is 13.2. The van der Waals surface area contributed by atoms with E-state index in [1.54, 1.807) is 6.08 Å². The molecule has 0 saturated carbocycles. The number of hydrazone groups is 1. The first-order chi connectivity index (χ1) is 11.0. The molecule has 0 aromatic heterocycles. The molecule has 0 fully saturated rings. The van der Waals surface area contributed by atoms with Crippen LogP contribution in [-0.4, -0.2) is 41.1 Å². The second-order valence-electron chi connectivity index (χ2n) is 5.35. The van der Waals surface area contributed by atoms with Crippen LogP contribution < -0.4 is 4.90 Å². The van der Waals surface area contributed by atoms with Crippen molar-refractivity contribution in [3.8, 4) is 0 Å². The summed E-state index contributed by atoms with van der Waals surface area (Å²) in [6.45, 7) is 1.99. The number of amides is 1. The molecule has 1 aromatic rings. The summed E-state index contributed by atoms with van der Waals surface area (Å²) in [5.74, 6) is -0.314. The van der Waals surface area contributed by atoms with Crippen molar-refractivity contribution in [2.75, 3.05) is 19.0 Å². The van der Waals surface area contributed by atoms with Gasteiger partial charge in [-0.25, -0.2) is 0 Å².